The minimum Gasteiger partial charge on any atom is -0.374 e. The highest BCUT2D eigenvalue weighted by atomic mass is 16.1. The van der Waals surface area contributed by atoms with E-state index in [0.717, 1.165) is 25.1 Å². The summed E-state index contributed by atoms with van der Waals surface area (Å²) in [6, 6.07) is 6.15. The van der Waals surface area contributed by atoms with E-state index < -0.39 is 0 Å². The van der Waals surface area contributed by atoms with Crippen LogP contribution in [0.15, 0.2) is 18.2 Å². The number of carbonyl (C=O) groups excluding carboxylic acids is 1. The Kier molecular flexibility index (Phi) is 4.20. The van der Waals surface area contributed by atoms with Crippen LogP contribution >= 0.6 is 0 Å². The van der Waals surface area contributed by atoms with Crippen LogP contribution in [0.1, 0.15) is 24.8 Å². The normalized spacial score (nSPS) is 14.2. The van der Waals surface area contributed by atoms with E-state index in [9.17, 15) is 4.79 Å². The number of rotatable bonds is 4. The third-order valence-electron chi connectivity index (χ3n) is 3.32. The second kappa shape index (κ2) is 5.87. The van der Waals surface area contributed by atoms with Crippen molar-refractivity contribution in [2.45, 2.75) is 25.7 Å². The van der Waals surface area contributed by atoms with Crippen LogP contribution in [0.3, 0.4) is 0 Å². The van der Waals surface area contributed by atoms with Gasteiger partial charge in [0.05, 0.1) is 0 Å². The molecule has 0 fully saturated rings. The van der Waals surface area contributed by atoms with Gasteiger partial charge in [-0.25, -0.2) is 0 Å². The molecule has 1 amide bonds. The highest BCUT2D eigenvalue weighted by Gasteiger charge is 2.14. The van der Waals surface area contributed by atoms with E-state index >= 15 is 0 Å². The number of aryl methyl sites for hydroxylation is 1. The van der Waals surface area contributed by atoms with Crippen molar-refractivity contribution in [1.82, 2.24) is 0 Å². The number of fused-ring (bicyclic) bond motifs is 1. The minimum atomic E-state index is 0.0459. The summed E-state index contributed by atoms with van der Waals surface area (Å²) in [6.45, 7) is 1.66. The molecule has 1 aromatic carbocycles. The maximum Gasteiger partial charge on any atom is 0.224 e. The number of nitrogens with two attached hydrogens (primary N) is 1. The Morgan fingerprint density at radius 2 is 2.33 bits per heavy atom. The molecule has 0 bridgehead atoms. The number of benzene rings is 1. The molecule has 0 aliphatic carbocycles. The molecule has 0 aromatic heterocycles. The highest BCUT2D eigenvalue weighted by molar-refractivity contribution is 5.91. The number of hydrogen-bond acceptors (Lipinski definition) is 3. The second-order valence-corrected chi connectivity index (χ2v) is 4.81. The summed E-state index contributed by atoms with van der Waals surface area (Å²) in [7, 11) is 2.11. The number of anilines is 2. The zero-order valence-corrected chi connectivity index (χ0v) is 10.9. The number of hydrogen-bond donors (Lipinski definition) is 2. The molecule has 4 heteroatoms. The van der Waals surface area contributed by atoms with E-state index in [0.29, 0.717) is 13.0 Å². The molecular formula is C14H21N3O. The van der Waals surface area contributed by atoms with Gasteiger partial charge >= 0.3 is 0 Å². The lowest BCUT2D eigenvalue weighted by molar-refractivity contribution is -0.116. The van der Waals surface area contributed by atoms with Gasteiger partial charge in [0.25, 0.3) is 0 Å². The van der Waals surface area contributed by atoms with Gasteiger partial charge in [0, 0.05) is 31.4 Å². The lowest BCUT2D eigenvalue weighted by Crippen LogP contribution is -2.24. The summed E-state index contributed by atoms with van der Waals surface area (Å²) in [5.41, 5.74) is 8.88. The highest BCUT2D eigenvalue weighted by Crippen LogP contribution is 2.28. The molecule has 0 saturated carbocycles. The summed E-state index contributed by atoms with van der Waals surface area (Å²) in [5.74, 6) is 0.0459. The molecule has 1 aliphatic heterocycles. The minimum absolute atomic E-state index is 0.0459. The predicted octanol–water partition coefficient (Wildman–Crippen LogP) is 1.75. The van der Waals surface area contributed by atoms with E-state index in [1.165, 1.54) is 17.7 Å². The predicted molar refractivity (Wildman–Crippen MR) is 75.0 cm³/mol. The maximum atomic E-state index is 11.6. The molecule has 2 rings (SSSR count). The summed E-state index contributed by atoms with van der Waals surface area (Å²) in [6.07, 6.45) is 3.49. The lowest BCUT2D eigenvalue weighted by atomic mass is 10.0. The number of nitrogens with one attached hydrogen (secondary N) is 1. The van der Waals surface area contributed by atoms with Gasteiger partial charge in [0.2, 0.25) is 5.91 Å². The Labute approximate surface area is 108 Å². The summed E-state index contributed by atoms with van der Waals surface area (Å²) in [4.78, 5) is 13.9. The van der Waals surface area contributed by atoms with Crippen LogP contribution in [0.25, 0.3) is 0 Å². The van der Waals surface area contributed by atoms with Crippen LogP contribution in [0.4, 0.5) is 11.4 Å². The number of carbonyl (C=O) groups is 1. The van der Waals surface area contributed by atoms with Crippen molar-refractivity contribution in [2.24, 2.45) is 5.73 Å². The third-order valence-corrected chi connectivity index (χ3v) is 3.32. The number of amides is 1. The van der Waals surface area contributed by atoms with E-state index in [4.69, 9.17) is 5.73 Å². The zero-order valence-electron chi connectivity index (χ0n) is 10.9. The Morgan fingerprint density at radius 1 is 1.50 bits per heavy atom. The molecule has 0 atom stereocenters. The van der Waals surface area contributed by atoms with Crippen molar-refractivity contribution < 1.29 is 4.79 Å². The van der Waals surface area contributed by atoms with E-state index in [2.05, 4.69) is 29.4 Å². The molecule has 98 valence electrons. The Bertz CT molecular complexity index is 431. The Balaban J connectivity index is 2.04. The fourth-order valence-electron chi connectivity index (χ4n) is 2.35. The quantitative estimate of drug-likeness (QED) is 0.852. The van der Waals surface area contributed by atoms with Crippen molar-refractivity contribution in [3.05, 3.63) is 23.8 Å². The average Bonchev–Trinajstić information content (AvgIpc) is 2.36. The molecular weight excluding hydrogens is 226 g/mol. The molecule has 0 unspecified atom stereocenters. The van der Waals surface area contributed by atoms with E-state index in [-0.39, 0.29) is 5.91 Å². The van der Waals surface area contributed by atoms with Crippen LogP contribution in [0, 0.1) is 0 Å². The molecule has 18 heavy (non-hydrogen) atoms. The van der Waals surface area contributed by atoms with Crippen LogP contribution in [-0.2, 0) is 11.2 Å². The first-order chi connectivity index (χ1) is 8.70. The fraction of sp³-hybridized carbons (Fsp3) is 0.500. The summed E-state index contributed by atoms with van der Waals surface area (Å²) in [5, 5.41) is 2.93. The van der Waals surface area contributed by atoms with Crippen LogP contribution < -0.4 is 16.0 Å². The van der Waals surface area contributed by atoms with Crippen molar-refractivity contribution in [3.63, 3.8) is 0 Å². The molecule has 0 saturated heterocycles. The van der Waals surface area contributed by atoms with Crippen molar-refractivity contribution in [1.29, 1.82) is 0 Å². The smallest absolute Gasteiger partial charge is 0.224 e. The molecule has 1 heterocycles. The van der Waals surface area contributed by atoms with E-state index in [1.807, 2.05) is 6.07 Å². The summed E-state index contributed by atoms with van der Waals surface area (Å²) >= 11 is 0. The van der Waals surface area contributed by atoms with Crippen molar-refractivity contribution >= 4 is 17.3 Å². The lowest BCUT2D eigenvalue weighted by Gasteiger charge is -2.27. The SMILES string of the molecule is CN1CCCc2cc(NC(=O)CCCN)ccc21. The van der Waals surface area contributed by atoms with Crippen molar-refractivity contribution in [3.8, 4) is 0 Å². The van der Waals surface area contributed by atoms with E-state index in [1.54, 1.807) is 0 Å². The van der Waals surface area contributed by atoms with Gasteiger partial charge in [-0.15, -0.1) is 0 Å². The Hall–Kier alpha value is -1.55. The average molecular weight is 247 g/mol. The van der Waals surface area contributed by atoms with Gasteiger partial charge in [-0.1, -0.05) is 0 Å². The third kappa shape index (κ3) is 3.01. The monoisotopic (exact) mass is 247 g/mol. The molecule has 0 radical (unpaired) electrons. The molecule has 1 aliphatic rings. The van der Waals surface area contributed by atoms with Crippen LogP contribution in [0.5, 0.6) is 0 Å². The van der Waals surface area contributed by atoms with Gasteiger partial charge in [-0.3, -0.25) is 4.79 Å². The molecule has 4 nitrogen and oxygen atoms in total. The van der Waals surface area contributed by atoms with Gasteiger partial charge in [-0.2, -0.15) is 0 Å². The largest absolute Gasteiger partial charge is 0.374 e. The standard InChI is InChI=1S/C14H21N3O/c1-17-9-3-4-11-10-12(6-7-13(11)17)16-14(18)5-2-8-15/h6-7,10H,2-5,8-9,15H2,1H3,(H,16,18). The fourth-order valence-corrected chi connectivity index (χ4v) is 2.35. The van der Waals surface area contributed by atoms with Gasteiger partial charge in [0.15, 0.2) is 0 Å². The molecule has 1 aromatic rings. The van der Waals surface area contributed by atoms with Gasteiger partial charge in [-0.05, 0) is 49.6 Å². The number of nitrogens with zero attached hydrogens (tertiary/aromatic N) is 1. The first kappa shape index (κ1) is 12.9. The van der Waals surface area contributed by atoms with Gasteiger partial charge in [0.1, 0.15) is 0 Å². The van der Waals surface area contributed by atoms with Crippen LogP contribution in [-0.4, -0.2) is 26.0 Å². The maximum absolute atomic E-state index is 11.6. The topological polar surface area (TPSA) is 58.4 Å². The zero-order chi connectivity index (χ0) is 13.0. The first-order valence-corrected chi connectivity index (χ1v) is 6.54. The summed E-state index contributed by atoms with van der Waals surface area (Å²) < 4.78 is 0. The Morgan fingerprint density at radius 3 is 3.11 bits per heavy atom. The first-order valence-electron chi connectivity index (χ1n) is 6.54. The van der Waals surface area contributed by atoms with Crippen LogP contribution in [0.2, 0.25) is 0 Å². The van der Waals surface area contributed by atoms with Gasteiger partial charge < -0.3 is 16.0 Å². The molecule has 0 spiro atoms. The van der Waals surface area contributed by atoms with Crippen molar-refractivity contribution in [2.75, 3.05) is 30.4 Å². The molecule has 3 N–H and O–H groups in total. The second-order valence-electron chi connectivity index (χ2n) is 4.81.